The van der Waals surface area contributed by atoms with Crippen LogP contribution in [-0.2, 0) is 10.8 Å². The summed E-state index contributed by atoms with van der Waals surface area (Å²) < 4.78 is 9.57. The molecular formula is C2N2OS. The maximum Gasteiger partial charge on any atom is 0.228 e. The van der Waals surface area contributed by atoms with Crippen molar-refractivity contribution in [2.24, 2.45) is 0 Å². The minimum absolute atomic E-state index is 1.23. The van der Waals surface area contributed by atoms with Gasteiger partial charge in [0.05, 0.1) is 0 Å². The normalized spacial score (nSPS) is 6.50. The first-order valence-electron chi connectivity index (χ1n) is 1.02. The second kappa shape index (κ2) is 2.37. The van der Waals surface area contributed by atoms with Gasteiger partial charge in [-0.05, 0) is 0 Å². The van der Waals surface area contributed by atoms with Crippen LogP contribution in [0.5, 0.6) is 0 Å². The van der Waals surface area contributed by atoms with Gasteiger partial charge in [0.1, 0.15) is 0 Å². The van der Waals surface area contributed by atoms with E-state index in [1.807, 2.05) is 0 Å². The summed E-state index contributed by atoms with van der Waals surface area (Å²) in [5.41, 5.74) is 0. The van der Waals surface area contributed by atoms with E-state index in [4.69, 9.17) is 10.5 Å². The average Bonchev–Trinajstić information content (AvgIpc) is 1.65. The smallest absolute Gasteiger partial charge is 0.228 e. The third-order valence-corrected chi connectivity index (χ3v) is 0.497. The van der Waals surface area contributed by atoms with Crippen molar-refractivity contribution >= 4 is 10.8 Å². The minimum Gasteiger partial charge on any atom is -0.228 e. The first kappa shape index (κ1) is 5.13. The van der Waals surface area contributed by atoms with Gasteiger partial charge < -0.3 is 0 Å². The van der Waals surface area contributed by atoms with E-state index in [0.29, 0.717) is 0 Å². The van der Waals surface area contributed by atoms with E-state index < -0.39 is 10.8 Å². The second-order valence-electron chi connectivity index (χ2n) is 0.451. The molecule has 0 rings (SSSR count). The molecule has 0 aromatic carbocycles. The molecule has 30 valence electrons. The molecule has 0 amide bonds. The van der Waals surface area contributed by atoms with Crippen molar-refractivity contribution in [3.63, 3.8) is 0 Å². The van der Waals surface area contributed by atoms with Crippen molar-refractivity contribution < 1.29 is 4.21 Å². The topological polar surface area (TPSA) is 64.7 Å². The maximum atomic E-state index is 9.57. The van der Waals surface area contributed by atoms with Gasteiger partial charge in [-0.3, -0.25) is 0 Å². The summed E-state index contributed by atoms with van der Waals surface area (Å²) in [6.07, 6.45) is 0. The fourth-order valence-corrected chi connectivity index (χ4v) is 0.0612. The Balaban J connectivity index is 3.75. The summed E-state index contributed by atoms with van der Waals surface area (Å²) in [7, 11) is -1.92. The Morgan fingerprint density at radius 1 is 1.33 bits per heavy atom. The van der Waals surface area contributed by atoms with Crippen LogP contribution in [0.15, 0.2) is 0 Å². The lowest BCUT2D eigenvalue weighted by Crippen LogP contribution is -1.70. The van der Waals surface area contributed by atoms with Gasteiger partial charge in [0, 0.05) is 0 Å². The summed E-state index contributed by atoms with van der Waals surface area (Å²) in [4.78, 5) is 0. The maximum absolute atomic E-state index is 9.57. The lowest BCUT2D eigenvalue weighted by molar-refractivity contribution is 0.694. The molecule has 0 fully saturated rings. The molecule has 0 N–H and O–H groups in total. The number of hydrogen-bond donors (Lipinski definition) is 0. The first-order valence-corrected chi connectivity index (χ1v) is 2.17. The molecule has 0 aliphatic carbocycles. The Kier molecular flexibility index (Phi) is 2.03. The Hall–Kier alpha value is -0.870. The van der Waals surface area contributed by atoms with E-state index in [1.165, 1.54) is 10.8 Å². The highest BCUT2D eigenvalue weighted by Gasteiger charge is 1.83. The fraction of sp³-hybridized carbons (Fsp3) is 0. The predicted octanol–water partition coefficient (Wildman–Crippen LogP) is -0.303. The second-order valence-corrected chi connectivity index (χ2v) is 1.35. The van der Waals surface area contributed by atoms with Gasteiger partial charge in [-0.25, -0.2) is 4.21 Å². The van der Waals surface area contributed by atoms with Crippen LogP contribution in [0.3, 0.4) is 0 Å². The zero-order chi connectivity index (χ0) is 4.99. The van der Waals surface area contributed by atoms with Crippen molar-refractivity contribution in [3.8, 4) is 10.8 Å². The molecule has 3 nitrogen and oxygen atoms in total. The number of rotatable bonds is 0. The standard InChI is InChI=1S/C2N2OS/c3-1-6(5)2-4. The highest BCUT2D eigenvalue weighted by atomic mass is 32.2. The van der Waals surface area contributed by atoms with E-state index in [1.54, 1.807) is 0 Å². The molecule has 0 unspecified atom stereocenters. The molecule has 0 radical (unpaired) electrons. The van der Waals surface area contributed by atoms with Crippen LogP contribution in [0, 0.1) is 21.3 Å². The Morgan fingerprint density at radius 2 is 1.67 bits per heavy atom. The zero-order valence-electron chi connectivity index (χ0n) is 2.71. The molecule has 6 heavy (non-hydrogen) atoms. The van der Waals surface area contributed by atoms with Crippen molar-refractivity contribution in [3.05, 3.63) is 0 Å². The molecule has 0 aromatic rings. The lowest BCUT2D eigenvalue weighted by atomic mass is 11.8. The molecule has 0 spiro atoms. The largest absolute Gasteiger partial charge is 0.228 e. The Morgan fingerprint density at radius 3 is 1.67 bits per heavy atom. The molecule has 0 atom stereocenters. The van der Waals surface area contributed by atoms with E-state index in [9.17, 15) is 4.21 Å². The van der Waals surface area contributed by atoms with Gasteiger partial charge in [-0.15, -0.1) is 0 Å². The summed E-state index contributed by atoms with van der Waals surface area (Å²) in [6.45, 7) is 0. The van der Waals surface area contributed by atoms with Crippen LogP contribution in [0.1, 0.15) is 0 Å². The number of nitrogens with zero attached hydrogens (tertiary/aromatic N) is 2. The van der Waals surface area contributed by atoms with E-state index in [2.05, 4.69) is 0 Å². The van der Waals surface area contributed by atoms with Crippen molar-refractivity contribution in [2.75, 3.05) is 0 Å². The molecule has 4 heteroatoms. The highest BCUT2D eigenvalue weighted by Crippen LogP contribution is 1.64. The monoisotopic (exact) mass is 100.0 g/mol. The zero-order valence-corrected chi connectivity index (χ0v) is 3.53. The van der Waals surface area contributed by atoms with Gasteiger partial charge in [-0.1, -0.05) is 0 Å². The third-order valence-electron chi connectivity index (χ3n) is 0.166. The van der Waals surface area contributed by atoms with Gasteiger partial charge in [0.2, 0.25) is 10.8 Å². The van der Waals surface area contributed by atoms with Crippen LogP contribution >= 0.6 is 0 Å². The minimum atomic E-state index is -1.92. The SMILES string of the molecule is N#CS(=O)C#N. The van der Waals surface area contributed by atoms with Gasteiger partial charge >= 0.3 is 0 Å². The van der Waals surface area contributed by atoms with Gasteiger partial charge in [-0.2, -0.15) is 10.5 Å². The molecule has 0 heterocycles. The molecule has 0 aliphatic rings. The van der Waals surface area contributed by atoms with Crippen molar-refractivity contribution in [2.45, 2.75) is 0 Å². The summed E-state index contributed by atoms with van der Waals surface area (Å²) >= 11 is 0. The summed E-state index contributed by atoms with van der Waals surface area (Å²) in [6, 6.07) is 0. The van der Waals surface area contributed by atoms with Gasteiger partial charge in [0.25, 0.3) is 0 Å². The average molecular weight is 100 g/mol. The van der Waals surface area contributed by atoms with Crippen LogP contribution in [0.25, 0.3) is 0 Å². The van der Waals surface area contributed by atoms with Crippen LogP contribution < -0.4 is 0 Å². The quantitative estimate of drug-likeness (QED) is 0.392. The molecule has 0 aliphatic heterocycles. The Bertz CT molecular complexity index is 123. The molecule has 0 saturated heterocycles. The molecule has 0 aromatic heterocycles. The van der Waals surface area contributed by atoms with Crippen LogP contribution in [0.4, 0.5) is 0 Å². The predicted molar refractivity (Wildman–Crippen MR) is 19.4 cm³/mol. The number of nitriles is 2. The first-order chi connectivity index (χ1) is 2.81. The number of thiocyanates is 2. The van der Waals surface area contributed by atoms with E-state index >= 15 is 0 Å². The lowest BCUT2D eigenvalue weighted by Gasteiger charge is -1.53. The van der Waals surface area contributed by atoms with Crippen LogP contribution in [0.2, 0.25) is 0 Å². The Labute approximate surface area is 37.3 Å². The van der Waals surface area contributed by atoms with Crippen molar-refractivity contribution in [1.29, 1.82) is 10.5 Å². The van der Waals surface area contributed by atoms with Crippen LogP contribution in [-0.4, -0.2) is 4.21 Å². The number of hydrogen-bond acceptors (Lipinski definition) is 3. The highest BCUT2D eigenvalue weighted by molar-refractivity contribution is 7.94. The van der Waals surface area contributed by atoms with E-state index in [-0.39, 0.29) is 0 Å². The van der Waals surface area contributed by atoms with Gasteiger partial charge in [0.15, 0.2) is 10.8 Å². The summed E-state index contributed by atoms with van der Waals surface area (Å²) in [5, 5.41) is 17.6. The van der Waals surface area contributed by atoms with Crippen molar-refractivity contribution in [1.82, 2.24) is 0 Å². The van der Waals surface area contributed by atoms with E-state index in [0.717, 1.165) is 0 Å². The molecule has 0 saturated carbocycles. The summed E-state index contributed by atoms with van der Waals surface area (Å²) in [5.74, 6) is 0. The fourth-order valence-electron chi connectivity index (χ4n) is 0.0204. The third kappa shape index (κ3) is 1.45. The molecular weight excluding hydrogens is 100 g/mol. The molecule has 0 bridgehead atoms.